The Balaban J connectivity index is 3.88. The number of hydrogen-bond donors (Lipinski definition) is 4. The molecule has 0 heterocycles. The summed E-state index contributed by atoms with van der Waals surface area (Å²) >= 11 is 0. The van der Waals surface area contributed by atoms with Gasteiger partial charge in [0, 0.05) is 26.4 Å². The first-order valence-electron chi connectivity index (χ1n) is 8.47. The fraction of sp³-hybridized carbons (Fsp3) is 1.00. The first kappa shape index (κ1) is 20.8. The molecule has 0 aromatic rings. The van der Waals surface area contributed by atoms with Crippen LogP contribution in [0, 0.1) is 0 Å². The fourth-order valence-electron chi connectivity index (χ4n) is 2.42. The Morgan fingerprint density at radius 3 is 1.71 bits per heavy atom. The minimum absolute atomic E-state index is 0.192. The molecule has 0 aromatic heterocycles. The molecule has 21 heavy (non-hydrogen) atoms. The van der Waals surface area contributed by atoms with Gasteiger partial charge in [-0.05, 0) is 58.0 Å². The lowest BCUT2D eigenvalue weighted by Crippen LogP contribution is -2.34. The molecule has 0 saturated heterocycles. The maximum atomic E-state index is 10.0. The van der Waals surface area contributed by atoms with E-state index in [1.807, 2.05) is 0 Å². The molecule has 5 nitrogen and oxygen atoms in total. The Bertz CT molecular complexity index is 205. The van der Waals surface area contributed by atoms with Crippen LogP contribution in [0.1, 0.15) is 57.8 Å². The molecule has 0 spiro atoms. The molecule has 4 N–H and O–H groups in total. The predicted octanol–water partition coefficient (Wildman–Crippen LogP) is 1.14. The highest BCUT2D eigenvalue weighted by atomic mass is 16.3. The predicted molar refractivity (Wildman–Crippen MR) is 85.3 cm³/mol. The summed E-state index contributed by atoms with van der Waals surface area (Å²) in [5, 5.41) is 36.4. The number of hydrogen-bond acceptors (Lipinski definition) is 5. The summed E-state index contributed by atoms with van der Waals surface area (Å²) in [5.74, 6) is 0. The standard InChI is InChI=1S/C16H35NO4/c18-12-6-2-1-4-10-17(11-5-8-14-20)15-16(21)9-3-7-13-19/h16,18-21H,1-15H2. The van der Waals surface area contributed by atoms with E-state index in [-0.39, 0.29) is 25.9 Å². The average molecular weight is 305 g/mol. The molecule has 1 atom stereocenters. The first-order chi connectivity index (χ1) is 10.2. The monoisotopic (exact) mass is 305 g/mol. The van der Waals surface area contributed by atoms with Crippen molar-refractivity contribution >= 4 is 0 Å². The molecule has 0 rings (SSSR count). The summed E-state index contributed by atoms with van der Waals surface area (Å²) < 4.78 is 0. The van der Waals surface area contributed by atoms with Crippen molar-refractivity contribution in [2.24, 2.45) is 0 Å². The van der Waals surface area contributed by atoms with Crippen LogP contribution in [0.15, 0.2) is 0 Å². The van der Waals surface area contributed by atoms with Gasteiger partial charge in [0.15, 0.2) is 0 Å². The number of rotatable bonds is 16. The molecule has 0 aliphatic carbocycles. The van der Waals surface area contributed by atoms with E-state index in [0.29, 0.717) is 6.54 Å². The van der Waals surface area contributed by atoms with E-state index < -0.39 is 0 Å². The Hall–Kier alpha value is -0.200. The summed E-state index contributed by atoms with van der Waals surface area (Å²) in [6.45, 7) is 3.24. The zero-order chi connectivity index (χ0) is 15.8. The van der Waals surface area contributed by atoms with E-state index in [9.17, 15) is 5.11 Å². The number of aliphatic hydroxyl groups is 4. The van der Waals surface area contributed by atoms with Crippen LogP contribution in [0.4, 0.5) is 0 Å². The smallest absolute Gasteiger partial charge is 0.0667 e. The average Bonchev–Trinajstić information content (AvgIpc) is 2.47. The van der Waals surface area contributed by atoms with Gasteiger partial charge in [0.05, 0.1) is 6.10 Å². The molecule has 5 heteroatoms. The number of nitrogens with zero attached hydrogens (tertiary/aromatic N) is 1. The summed E-state index contributed by atoms with van der Waals surface area (Å²) in [4.78, 5) is 2.28. The summed E-state index contributed by atoms with van der Waals surface area (Å²) in [6.07, 6.45) is 7.90. The Labute approximate surface area is 129 Å². The molecule has 128 valence electrons. The topological polar surface area (TPSA) is 84.2 Å². The van der Waals surface area contributed by atoms with Crippen LogP contribution >= 0.6 is 0 Å². The molecule has 0 saturated carbocycles. The van der Waals surface area contributed by atoms with Crippen LogP contribution < -0.4 is 0 Å². The van der Waals surface area contributed by atoms with Crippen molar-refractivity contribution in [1.82, 2.24) is 4.90 Å². The van der Waals surface area contributed by atoms with Gasteiger partial charge in [-0.2, -0.15) is 0 Å². The van der Waals surface area contributed by atoms with E-state index in [1.165, 1.54) is 0 Å². The largest absolute Gasteiger partial charge is 0.396 e. The highest BCUT2D eigenvalue weighted by Crippen LogP contribution is 2.07. The molecular weight excluding hydrogens is 270 g/mol. The van der Waals surface area contributed by atoms with Crippen molar-refractivity contribution in [3.05, 3.63) is 0 Å². The Morgan fingerprint density at radius 2 is 1.10 bits per heavy atom. The van der Waals surface area contributed by atoms with Crippen molar-refractivity contribution < 1.29 is 20.4 Å². The fourth-order valence-corrected chi connectivity index (χ4v) is 2.42. The SMILES string of the molecule is OCCCCCCN(CCCCO)CC(O)CCCCO. The lowest BCUT2D eigenvalue weighted by Gasteiger charge is -2.25. The van der Waals surface area contributed by atoms with E-state index in [4.69, 9.17) is 15.3 Å². The molecule has 0 aliphatic rings. The van der Waals surface area contributed by atoms with Gasteiger partial charge in [-0.3, -0.25) is 0 Å². The molecular formula is C16H35NO4. The van der Waals surface area contributed by atoms with Gasteiger partial charge in [-0.25, -0.2) is 0 Å². The van der Waals surface area contributed by atoms with Crippen molar-refractivity contribution in [1.29, 1.82) is 0 Å². The zero-order valence-electron chi connectivity index (χ0n) is 13.4. The second-order valence-corrected chi connectivity index (χ2v) is 5.74. The minimum atomic E-state index is -0.330. The molecule has 0 fully saturated rings. The minimum Gasteiger partial charge on any atom is -0.396 e. The summed E-state index contributed by atoms with van der Waals surface area (Å²) in [7, 11) is 0. The van der Waals surface area contributed by atoms with E-state index in [0.717, 1.165) is 70.9 Å². The summed E-state index contributed by atoms with van der Waals surface area (Å²) in [6, 6.07) is 0. The maximum absolute atomic E-state index is 10.0. The Kier molecular flexibility index (Phi) is 16.0. The van der Waals surface area contributed by atoms with Gasteiger partial charge in [-0.15, -0.1) is 0 Å². The molecule has 0 bridgehead atoms. The van der Waals surface area contributed by atoms with Crippen molar-refractivity contribution in [2.75, 3.05) is 39.5 Å². The third kappa shape index (κ3) is 14.5. The second kappa shape index (κ2) is 16.2. The van der Waals surface area contributed by atoms with Gasteiger partial charge in [0.25, 0.3) is 0 Å². The van der Waals surface area contributed by atoms with Gasteiger partial charge in [-0.1, -0.05) is 12.8 Å². The van der Waals surface area contributed by atoms with Gasteiger partial charge >= 0.3 is 0 Å². The third-order valence-electron chi connectivity index (χ3n) is 3.68. The van der Waals surface area contributed by atoms with Crippen LogP contribution in [0.25, 0.3) is 0 Å². The van der Waals surface area contributed by atoms with Crippen molar-refractivity contribution in [2.45, 2.75) is 63.9 Å². The lowest BCUT2D eigenvalue weighted by molar-refractivity contribution is 0.0982. The van der Waals surface area contributed by atoms with E-state index in [1.54, 1.807) is 0 Å². The number of unbranched alkanes of at least 4 members (excludes halogenated alkanes) is 5. The number of aliphatic hydroxyl groups excluding tert-OH is 4. The quantitative estimate of drug-likeness (QED) is 0.321. The highest BCUT2D eigenvalue weighted by molar-refractivity contribution is 4.66. The van der Waals surface area contributed by atoms with E-state index in [2.05, 4.69) is 4.90 Å². The van der Waals surface area contributed by atoms with Gasteiger partial charge in [0.1, 0.15) is 0 Å². The molecule has 0 aromatic carbocycles. The van der Waals surface area contributed by atoms with Crippen LogP contribution in [-0.2, 0) is 0 Å². The maximum Gasteiger partial charge on any atom is 0.0667 e. The van der Waals surface area contributed by atoms with Crippen LogP contribution in [0.5, 0.6) is 0 Å². The molecule has 1 unspecified atom stereocenters. The van der Waals surface area contributed by atoms with Crippen LogP contribution in [0.2, 0.25) is 0 Å². The van der Waals surface area contributed by atoms with Gasteiger partial charge < -0.3 is 25.3 Å². The Morgan fingerprint density at radius 1 is 0.619 bits per heavy atom. The zero-order valence-corrected chi connectivity index (χ0v) is 13.4. The van der Waals surface area contributed by atoms with E-state index >= 15 is 0 Å². The van der Waals surface area contributed by atoms with Crippen LogP contribution in [0.3, 0.4) is 0 Å². The molecule has 0 amide bonds. The first-order valence-corrected chi connectivity index (χ1v) is 8.47. The summed E-state index contributed by atoms with van der Waals surface area (Å²) in [5.41, 5.74) is 0. The lowest BCUT2D eigenvalue weighted by atomic mass is 10.1. The van der Waals surface area contributed by atoms with Crippen molar-refractivity contribution in [3.63, 3.8) is 0 Å². The second-order valence-electron chi connectivity index (χ2n) is 5.74. The highest BCUT2D eigenvalue weighted by Gasteiger charge is 2.11. The van der Waals surface area contributed by atoms with Crippen LogP contribution in [-0.4, -0.2) is 70.9 Å². The van der Waals surface area contributed by atoms with Crippen molar-refractivity contribution in [3.8, 4) is 0 Å². The normalized spacial score (nSPS) is 13.0. The molecule has 0 radical (unpaired) electrons. The third-order valence-corrected chi connectivity index (χ3v) is 3.68. The molecule has 0 aliphatic heterocycles. The van der Waals surface area contributed by atoms with Gasteiger partial charge in [0.2, 0.25) is 0 Å².